The van der Waals surface area contributed by atoms with Crippen molar-refractivity contribution in [1.82, 2.24) is 10.2 Å². The molecule has 1 N–H and O–H groups in total. The maximum Gasteiger partial charge on any atom is 0.0516 e. The summed E-state index contributed by atoms with van der Waals surface area (Å²) >= 11 is 0. The Morgan fingerprint density at radius 1 is 1.28 bits per heavy atom. The van der Waals surface area contributed by atoms with Crippen LogP contribution in [0.3, 0.4) is 0 Å². The molecule has 1 aromatic carbocycles. The number of hydrogen-bond acceptors (Lipinski definition) is 2. The molecule has 18 heavy (non-hydrogen) atoms. The van der Waals surface area contributed by atoms with E-state index in [-0.39, 0.29) is 0 Å². The number of fused-ring (bicyclic) bond motifs is 1. The Morgan fingerprint density at radius 3 is 2.94 bits per heavy atom. The van der Waals surface area contributed by atoms with Crippen molar-refractivity contribution in [3.8, 4) is 0 Å². The van der Waals surface area contributed by atoms with Crippen LogP contribution >= 0.6 is 0 Å². The van der Waals surface area contributed by atoms with Crippen molar-refractivity contribution in [3.63, 3.8) is 0 Å². The van der Waals surface area contributed by atoms with E-state index < -0.39 is 0 Å². The van der Waals surface area contributed by atoms with Crippen LogP contribution in [-0.4, -0.2) is 24.0 Å². The van der Waals surface area contributed by atoms with E-state index in [2.05, 4.69) is 65.5 Å². The zero-order valence-corrected chi connectivity index (χ0v) is 10.5. The van der Waals surface area contributed by atoms with Gasteiger partial charge in [-0.15, -0.1) is 0 Å². The van der Waals surface area contributed by atoms with Crippen molar-refractivity contribution in [2.24, 2.45) is 0 Å². The molecule has 1 atom stereocenters. The summed E-state index contributed by atoms with van der Waals surface area (Å²) in [4.78, 5) is 2.33. The molecule has 3 rings (SSSR count). The third kappa shape index (κ3) is 2.24. The topological polar surface area (TPSA) is 15.3 Å². The smallest absolute Gasteiger partial charge is 0.0516 e. The standard InChI is InChI=1S/C16H18N2/c1-13-7-9-18-10-8-17-15(16(18)11-13)12-14-5-3-2-4-6-14/h2-7,9,11,15,17H,1,8,10,12H2. The van der Waals surface area contributed by atoms with Crippen LogP contribution in [0.2, 0.25) is 0 Å². The van der Waals surface area contributed by atoms with Gasteiger partial charge < -0.3 is 10.2 Å². The van der Waals surface area contributed by atoms with Crippen LogP contribution in [0.5, 0.6) is 0 Å². The van der Waals surface area contributed by atoms with E-state index in [1.165, 1.54) is 11.3 Å². The lowest BCUT2D eigenvalue weighted by atomic mass is 9.97. The van der Waals surface area contributed by atoms with Crippen LogP contribution in [0, 0.1) is 0 Å². The van der Waals surface area contributed by atoms with Crippen molar-refractivity contribution in [1.29, 1.82) is 0 Å². The molecule has 2 heteroatoms. The van der Waals surface area contributed by atoms with E-state index in [0.717, 1.165) is 25.1 Å². The van der Waals surface area contributed by atoms with E-state index in [1.807, 2.05) is 0 Å². The quantitative estimate of drug-likeness (QED) is 0.851. The van der Waals surface area contributed by atoms with E-state index in [0.29, 0.717) is 6.04 Å². The first-order valence-electron chi connectivity index (χ1n) is 6.45. The van der Waals surface area contributed by atoms with Crippen molar-refractivity contribution in [3.05, 3.63) is 72.1 Å². The van der Waals surface area contributed by atoms with Crippen LogP contribution in [-0.2, 0) is 6.42 Å². The lowest BCUT2D eigenvalue weighted by Gasteiger charge is -2.37. The summed E-state index contributed by atoms with van der Waals surface area (Å²) in [5.41, 5.74) is 3.80. The number of nitrogens with one attached hydrogen (secondary N) is 1. The highest BCUT2D eigenvalue weighted by molar-refractivity contribution is 5.38. The van der Waals surface area contributed by atoms with Crippen LogP contribution in [0.1, 0.15) is 5.56 Å². The second-order valence-electron chi connectivity index (χ2n) is 4.85. The van der Waals surface area contributed by atoms with Gasteiger partial charge in [0, 0.05) is 25.0 Å². The van der Waals surface area contributed by atoms with Gasteiger partial charge in [0.05, 0.1) is 6.04 Å². The Bertz CT molecular complexity index is 499. The summed E-state index contributed by atoms with van der Waals surface area (Å²) in [5, 5.41) is 3.60. The largest absolute Gasteiger partial charge is 0.349 e. The Kier molecular flexibility index (Phi) is 3.03. The molecule has 0 bridgehead atoms. The fraction of sp³-hybridized carbons (Fsp3) is 0.250. The van der Waals surface area contributed by atoms with Gasteiger partial charge >= 0.3 is 0 Å². The maximum absolute atomic E-state index is 4.03. The molecular weight excluding hydrogens is 220 g/mol. The number of piperazine rings is 1. The first-order valence-corrected chi connectivity index (χ1v) is 6.45. The predicted octanol–water partition coefficient (Wildman–Crippen LogP) is 2.47. The van der Waals surface area contributed by atoms with E-state index in [9.17, 15) is 0 Å². The third-order valence-corrected chi connectivity index (χ3v) is 3.52. The van der Waals surface area contributed by atoms with Gasteiger partial charge in [0.2, 0.25) is 0 Å². The molecule has 0 amide bonds. The van der Waals surface area contributed by atoms with Gasteiger partial charge in [0.15, 0.2) is 0 Å². The van der Waals surface area contributed by atoms with Crippen LogP contribution in [0.15, 0.2) is 66.5 Å². The molecule has 0 saturated carbocycles. The number of nitrogens with zero attached hydrogens (tertiary/aromatic N) is 1. The second-order valence-corrected chi connectivity index (χ2v) is 4.85. The lowest BCUT2D eigenvalue weighted by Crippen LogP contribution is -2.48. The molecule has 1 aromatic rings. The molecule has 0 radical (unpaired) electrons. The van der Waals surface area contributed by atoms with E-state index >= 15 is 0 Å². The molecule has 2 nitrogen and oxygen atoms in total. The zero-order chi connectivity index (χ0) is 12.4. The van der Waals surface area contributed by atoms with Crippen LogP contribution < -0.4 is 5.32 Å². The molecule has 1 unspecified atom stereocenters. The summed E-state index contributed by atoms with van der Waals surface area (Å²) in [5.74, 6) is 0. The molecular formula is C16H18N2. The van der Waals surface area contributed by atoms with Gasteiger partial charge in [-0.05, 0) is 29.7 Å². The molecule has 2 heterocycles. The maximum atomic E-state index is 4.03. The van der Waals surface area contributed by atoms with Gasteiger partial charge in [-0.25, -0.2) is 0 Å². The van der Waals surface area contributed by atoms with E-state index in [1.54, 1.807) is 0 Å². The molecule has 1 saturated heterocycles. The number of allylic oxidation sites excluding steroid dienone is 3. The molecule has 0 aromatic heterocycles. The Labute approximate surface area is 108 Å². The number of rotatable bonds is 2. The van der Waals surface area contributed by atoms with Gasteiger partial charge in [0.25, 0.3) is 0 Å². The predicted molar refractivity (Wildman–Crippen MR) is 75.0 cm³/mol. The van der Waals surface area contributed by atoms with Crippen molar-refractivity contribution >= 4 is 0 Å². The van der Waals surface area contributed by atoms with E-state index in [4.69, 9.17) is 0 Å². The fourth-order valence-corrected chi connectivity index (χ4v) is 2.59. The lowest BCUT2D eigenvalue weighted by molar-refractivity contribution is 0.331. The minimum Gasteiger partial charge on any atom is -0.349 e. The Balaban J connectivity index is 1.81. The monoisotopic (exact) mass is 238 g/mol. The van der Waals surface area contributed by atoms with Crippen LogP contribution in [0.4, 0.5) is 0 Å². The highest BCUT2D eigenvalue weighted by Crippen LogP contribution is 2.23. The van der Waals surface area contributed by atoms with Gasteiger partial charge in [0.1, 0.15) is 0 Å². The van der Waals surface area contributed by atoms with Gasteiger partial charge in [-0.3, -0.25) is 0 Å². The third-order valence-electron chi connectivity index (χ3n) is 3.52. The minimum atomic E-state index is 0.392. The van der Waals surface area contributed by atoms with Crippen LogP contribution in [0.25, 0.3) is 0 Å². The summed E-state index contributed by atoms with van der Waals surface area (Å²) in [7, 11) is 0. The normalized spacial score (nSPS) is 22.7. The average Bonchev–Trinajstić information content (AvgIpc) is 2.41. The molecule has 0 aliphatic carbocycles. The highest BCUT2D eigenvalue weighted by Gasteiger charge is 2.24. The first-order chi connectivity index (χ1) is 8.83. The Morgan fingerprint density at radius 2 is 2.11 bits per heavy atom. The summed E-state index contributed by atoms with van der Waals surface area (Å²) < 4.78 is 0. The minimum absolute atomic E-state index is 0.392. The molecule has 2 aliphatic rings. The molecule has 0 spiro atoms. The summed E-state index contributed by atoms with van der Waals surface area (Å²) in [6, 6.07) is 11.0. The molecule has 92 valence electrons. The Hall–Kier alpha value is -1.80. The average molecular weight is 238 g/mol. The van der Waals surface area contributed by atoms with Gasteiger partial charge in [-0.2, -0.15) is 0 Å². The number of benzene rings is 1. The molecule has 1 fully saturated rings. The number of hydrogen-bond donors (Lipinski definition) is 1. The summed E-state index contributed by atoms with van der Waals surface area (Å²) in [6.45, 7) is 6.10. The molecule has 2 aliphatic heterocycles. The zero-order valence-electron chi connectivity index (χ0n) is 10.5. The van der Waals surface area contributed by atoms with Crippen molar-refractivity contribution < 1.29 is 0 Å². The van der Waals surface area contributed by atoms with Crippen molar-refractivity contribution in [2.75, 3.05) is 13.1 Å². The SMILES string of the molecule is C=C1C=CN2CCNC(Cc3ccccc3)C2=C1. The first kappa shape index (κ1) is 11.3. The second kappa shape index (κ2) is 4.83. The highest BCUT2D eigenvalue weighted by atomic mass is 15.2. The fourth-order valence-electron chi connectivity index (χ4n) is 2.59. The van der Waals surface area contributed by atoms with Crippen molar-refractivity contribution in [2.45, 2.75) is 12.5 Å². The summed E-state index contributed by atoms with van der Waals surface area (Å²) in [6.07, 6.45) is 7.45. The van der Waals surface area contributed by atoms with Gasteiger partial charge in [-0.1, -0.05) is 36.9 Å².